The highest BCUT2D eigenvalue weighted by Gasteiger charge is 2.03. The van der Waals surface area contributed by atoms with Crippen LogP contribution in [0.15, 0.2) is 29.1 Å². The summed E-state index contributed by atoms with van der Waals surface area (Å²) >= 11 is 0. The molecule has 6 heteroatoms. The van der Waals surface area contributed by atoms with Crippen molar-refractivity contribution in [2.24, 2.45) is 0 Å². The Morgan fingerprint density at radius 2 is 2.05 bits per heavy atom. The lowest BCUT2D eigenvalue weighted by atomic mass is 10.2. The van der Waals surface area contributed by atoms with Crippen molar-refractivity contribution in [2.45, 2.75) is 13.0 Å². The smallest absolute Gasteiger partial charge is 0.277 e. The molecule has 0 unspecified atom stereocenters. The quantitative estimate of drug-likeness (QED) is 0.738. The van der Waals surface area contributed by atoms with Gasteiger partial charge in [-0.15, -0.1) is 5.10 Å². The first-order valence-corrected chi connectivity index (χ1v) is 6.86. The summed E-state index contributed by atoms with van der Waals surface area (Å²) < 4.78 is 1.42. The zero-order chi connectivity index (χ0) is 14.4. The Labute approximate surface area is 118 Å². The molecule has 0 fully saturated rings. The molecule has 20 heavy (non-hydrogen) atoms. The molecule has 1 aromatic carbocycles. The molecular formula is C14H21N5O. The van der Waals surface area contributed by atoms with E-state index >= 15 is 0 Å². The number of benzene rings is 1. The second-order valence-electron chi connectivity index (χ2n) is 5.04. The van der Waals surface area contributed by atoms with Gasteiger partial charge in [-0.3, -0.25) is 4.79 Å². The molecule has 0 atom stereocenters. The summed E-state index contributed by atoms with van der Waals surface area (Å²) in [4.78, 5) is 14.3. The molecule has 0 bridgehead atoms. The van der Waals surface area contributed by atoms with Gasteiger partial charge in [-0.1, -0.05) is 17.3 Å². The molecule has 0 amide bonds. The number of hydrogen-bond acceptors (Lipinski definition) is 5. The molecule has 6 nitrogen and oxygen atoms in total. The summed E-state index contributed by atoms with van der Waals surface area (Å²) in [6, 6.07) is 7.28. The number of fused-ring (bicyclic) bond motifs is 1. The zero-order valence-electron chi connectivity index (χ0n) is 12.0. The van der Waals surface area contributed by atoms with Crippen LogP contribution >= 0.6 is 0 Å². The predicted molar refractivity (Wildman–Crippen MR) is 79.8 cm³/mol. The molecule has 0 aliphatic rings. The fraction of sp³-hybridized carbons (Fsp3) is 0.500. The molecule has 0 saturated carbocycles. The Hall–Kier alpha value is -1.79. The molecule has 0 spiro atoms. The maximum absolute atomic E-state index is 12.2. The molecular weight excluding hydrogens is 254 g/mol. The molecule has 1 aromatic heterocycles. The fourth-order valence-electron chi connectivity index (χ4n) is 2.00. The highest BCUT2D eigenvalue weighted by Crippen LogP contribution is 2.02. The van der Waals surface area contributed by atoms with E-state index in [1.165, 1.54) is 4.68 Å². The van der Waals surface area contributed by atoms with Gasteiger partial charge in [0.05, 0.1) is 11.9 Å². The van der Waals surface area contributed by atoms with E-state index in [0.717, 1.165) is 26.1 Å². The maximum Gasteiger partial charge on any atom is 0.277 e. The second-order valence-corrected chi connectivity index (χ2v) is 5.04. The largest absolute Gasteiger partial charge is 0.315 e. The van der Waals surface area contributed by atoms with Gasteiger partial charge in [-0.05, 0) is 45.7 Å². The highest BCUT2D eigenvalue weighted by atomic mass is 16.1. The van der Waals surface area contributed by atoms with Gasteiger partial charge in [-0.25, -0.2) is 4.68 Å². The van der Waals surface area contributed by atoms with Crippen LogP contribution in [0.4, 0.5) is 0 Å². The van der Waals surface area contributed by atoms with Gasteiger partial charge in [0.15, 0.2) is 0 Å². The molecule has 2 rings (SSSR count). The van der Waals surface area contributed by atoms with Crippen molar-refractivity contribution in [2.75, 3.05) is 33.7 Å². The average Bonchev–Trinajstić information content (AvgIpc) is 2.45. The molecule has 1 N–H and O–H groups in total. The van der Waals surface area contributed by atoms with E-state index < -0.39 is 0 Å². The Kier molecular flexibility index (Phi) is 5.20. The zero-order valence-corrected chi connectivity index (χ0v) is 12.0. The molecule has 108 valence electrons. The van der Waals surface area contributed by atoms with Crippen molar-refractivity contribution in [1.82, 2.24) is 25.2 Å². The Balaban J connectivity index is 1.87. The van der Waals surface area contributed by atoms with Gasteiger partial charge < -0.3 is 10.2 Å². The number of nitrogens with zero attached hydrogens (tertiary/aromatic N) is 4. The van der Waals surface area contributed by atoms with Gasteiger partial charge in [-0.2, -0.15) is 0 Å². The Morgan fingerprint density at radius 3 is 2.85 bits per heavy atom. The van der Waals surface area contributed by atoms with Crippen molar-refractivity contribution in [1.29, 1.82) is 0 Å². The monoisotopic (exact) mass is 275 g/mol. The van der Waals surface area contributed by atoms with Crippen LogP contribution in [0.2, 0.25) is 0 Å². The summed E-state index contributed by atoms with van der Waals surface area (Å²) in [5.41, 5.74) is 0.568. The standard InChI is InChI=1S/C14H21N5O/c1-18(2)10-5-8-15-9-11-19-14(20)12-6-3-4-7-13(12)16-17-19/h3-4,6-7,15H,5,8-11H2,1-2H3. The molecule has 2 aromatic rings. The molecule has 0 aliphatic heterocycles. The highest BCUT2D eigenvalue weighted by molar-refractivity contribution is 5.76. The van der Waals surface area contributed by atoms with E-state index in [-0.39, 0.29) is 5.56 Å². The average molecular weight is 275 g/mol. The fourth-order valence-corrected chi connectivity index (χ4v) is 2.00. The first kappa shape index (κ1) is 14.6. The summed E-state index contributed by atoms with van der Waals surface area (Å²) in [6.07, 6.45) is 1.09. The van der Waals surface area contributed by atoms with Gasteiger partial charge in [0.25, 0.3) is 5.56 Å². The van der Waals surface area contributed by atoms with Crippen molar-refractivity contribution < 1.29 is 0 Å². The molecule has 0 radical (unpaired) electrons. The van der Waals surface area contributed by atoms with Crippen LogP contribution < -0.4 is 10.9 Å². The van der Waals surface area contributed by atoms with Crippen molar-refractivity contribution in [3.05, 3.63) is 34.6 Å². The van der Waals surface area contributed by atoms with Crippen molar-refractivity contribution in [3.63, 3.8) is 0 Å². The van der Waals surface area contributed by atoms with E-state index in [4.69, 9.17) is 0 Å². The second kappa shape index (κ2) is 7.12. The minimum atomic E-state index is -0.0781. The SMILES string of the molecule is CN(C)CCCNCCn1nnc2ccccc2c1=O. The van der Waals surface area contributed by atoms with Gasteiger partial charge in [0, 0.05) is 6.54 Å². The summed E-state index contributed by atoms with van der Waals surface area (Å²) in [7, 11) is 4.12. The number of hydrogen-bond donors (Lipinski definition) is 1. The van der Waals surface area contributed by atoms with Crippen LogP contribution in [0, 0.1) is 0 Å². The van der Waals surface area contributed by atoms with E-state index in [1.807, 2.05) is 12.1 Å². The van der Waals surface area contributed by atoms with E-state index in [1.54, 1.807) is 12.1 Å². The van der Waals surface area contributed by atoms with Crippen LogP contribution in [0.5, 0.6) is 0 Å². The number of nitrogens with one attached hydrogen (secondary N) is 1. The Bertz CT molecular complexity index is 608. The van der Waals surface area contributed by atoms with E-state index in [2.05, 4.69) is 34.6 Å². The van der Waals surface area contributed by atoms with Crippen LogP contribution in [0.3, 0.4) is 0 Å². The third-order valence-electron chi connectivity index (χ3n) is 3.09. The topological polar surface area (TPSA) is 63.1 Å². The van der Waals surface area contributed by atoms with Gasteiger partial charge in [0.2, 0.25) is 0 Å². The van der Waals surface area contributed by atoms with Gasteiger partial charge >= 0.3 is 0 Å². The maximum atomic E-state index is 12.2. The van der Waals surface area contributed by atoms with Crippen LogP contribution in [-0.4, -0.2) is 53.6 Å². The lowest BCUT2D eigenvalue weighted by Crippen LogP contribution is -2.30. The third-order valence-corrected chi connectivity index (χ3v) is 3.09. The van der Waals surface area contributed by atoms with Crippen molar-refractivity contribution in [3.8, 4) is 0 Å². The van der Waals surface area contributed by atoms with Crippen molar-refractivity contribution >= 4 is 10.9 Å². The first-order chi connectivity index (χ1) is 9.68. The minimum absolute atomic E-state index is 0.0781. The summed E-state index contributed by atoms with van der Waals surface area (Å²) in [5, 5.41) is 11.9. The summed E-state index contributed by atoms with van der Waals surface area (Å²) in [5.74, 6) is 0. The van der Waals surface area contributed by atoms with Crippen LogP contribution in [0.25, 0.3) is 10.9 Å². The van der Waals surface area contributed by atoms with Gasteiger partial charge in [0.1, 0.15) is 5.52 Å². The third kappa shape index (κ3) is 3.85. The molecule has 0 saturated heterocycles. The minimum Gasteiger partial charge on any atom is -0.315 e. The van der Waals surface area contributed by atoms with Crippen LogP contribution in [0.1, 0.15) is 6.42 Å². The lowest BCUT2D eigenvalue weighted by Gasteiger charge is -2.10. The predicted octanol–water partition coefficient (Wildman–Crippen LogP) is 0.333. The van der Waals surface area contributed by atoms with E-state index in [9.17, 15) is 4.79 Å². The number of aromatic nitrogens is 3. The molecule has 0 aliphatic carbocycles. The summed E-state index contributed by atoms with van der Waals surface area (Å²) in [6.45, 7) is 3.26. The Morgan fingerprint density at radius 1 is 1.25 bits per heavy atom. The first-order valence-electron chi connectivity index (χ1n) is 6.86. The lowest BCUT2D eigenvalue weighted by molar-refractivity contribution is 0.392. The van der Waals surface area contributed by atoms with Crippen LogP contribution in [-0.2, 0) is 6.54 Å². The normalized spacial score (nSPS) is 11.3. The number of rotatable bonds is 7. The molecule has 1 heterocycles. The van der Waals surface area contributed by atoms with E-state index in [0.29, 0.717) is 17.4 Å².